The van der Waals surface area contributed by atoms with Crippen molar-refractivity contribution < 1.29 is 28.0 Å². The lowest BCUT2D eigenvalue weighted by molar-refractivity contribution is -0.133. The first-order valence-corrected chi connectivity index (χ1v) is 4.67. The van der Waals surface area contributed by atoms with Crippen LogP contribution in [0.3, 0.4) is 0 Å². The third-order valence-electron chi connectivity index (χ3n) is 0.730. The maximum Gasteiger partial charge on any atom is 0.397 e. The highest BCUT2D eigenvalue weighted by Crippen LogP contribution is 1.81. The van der Waals surface area contributed by atoms with Crippen molar-refractivity contribution >= 4 is 22.1 Å². The van der Waals surface area contributed by atoms with E-state index in [-0.39, 0.29) is 11.1 Å². The fourth-order valence-corrected chi connectivity index (χ4v) is 0. The molecule has 0 aromatic rings. The maximum absolute atomic E-state index is 9.76. The van der Waals surface area contributed by atoms with Crippen LogP contribution in [-0.2, 0) is 9.59 Å². The first-order valence-electron chi connectivity index (χ1n) is 3.60. The van der Waals surface area contributed by atoms with Crippen molar-refractivity contribution in [1.82, 2.24) is 0 Å². The van der Waals surface area contributed by atoms with Crippen LogP contribution in [-0.4, -0.2) is 32.3 Å². The summed E-state index contributed by atoms with van der Waals surface area (Å²) in [5.74, 6) is -1.87. The van der Waals surface area contributed by atoms with Gasteiger partial charge < -0.3 is 10.2 Å². The van der Waals surface area contributed by atoms with Crippen LogP contribution in [0.4, 0.5) is 8.22 Å². The van der Waals surface area contributed by atoms with E-state index in [0.717, 1.165) is 0 Å². The Bertz CT molecular complexity index is 193. The fraction of sp³-hybridized carbons (Fsp3) is 0.250. The molecular formula is C8H14F2O4Si. The Balaban J connectivity index is -0.000000153. The second kappa shape index (κ2) is 12.5. The first kappa shape index (κ1) is 19.1. The Morgan fingerprint density at radius 3 is 1.07 bits per heavy atom. The molecule has 2 N–H and O–H groups in total. The number of hydrogen-bond acceptors (Lipinski definition) is 2. The molecule has 0 aliphatic rings. The minimum atomic E-state index is -2.58. The van der Waals surface area contributed by atoms with Crippen molar-refractivity contribution in [3.63, 3.8) is 0 Å². The van der Waals surface area contributed by atoms with Crippen LogP contribution in [0.1, 0.15) is 13.8 Å². The van der Waals surface area contributed by atoms with E-state index in [1.165, 1.54) is 13.8 Å². The van der Waals surface area contributed by atoms with E-state index in [0.29, 0.717) is 0 Å². The molecule has 0 aliphatic heterocycles. The molecule has 0 aromatic carbocycles. The van der Waals surface area contributed by atoms with Gasteiger partial charge in [0.15, 0.2) is 0 Å². The summed E-state index contributed by atoms with van der Waals surface area (Å²) in [4.78, 5) is 19.2. The molecule has 0 amide bonds. The standard InChI is InChI=1S/2C4H6O2.F2H2Si/c2*1-3(2)4(5)6;1-3-2/h2*1H2,2H3,(H,5,6);3H2. The number of hydrogen-bond donors (Lipinski definition) is 2. The van der Waals surface area contributed by atoms with Crippen molar-refractivity contribution in [3.8, 4) is 0 Å². The molecule has 7 heteroatoms. The van der Waals surface area contributed by atoms with Gasteiger partial charge in [0.25, 0.3) is 0 Å². The van der Waals surface area contributed by atoms with E-state index in [1.54, 1.807) is 0 Å². The third-order valence-corrected chi connectivity index (χ3v) is 0.730. The Hall–Kier alpha value is -1.50. The molecule has 0 rings (SSSR count). The quantitative estimate of drug-likeness (QED) is 0.432. The van der Waals surface area contributed by atoms with Gasteiger partial charge in [-0.2, -0.15) is 0 Å². The summed E-state index contributed by atoms with van der Waals surface area (Å²) in [5, 5.41) is 15.8. The zero-order chi connectivity index (χ0) is 13.0. The van der Waals surface area contributed by atoms with Crippen LogP contribution in [0.25, 0.3) is 0 Å². The average molecular weight is 240 g/mol. The second-order valence-electron chi connectivity index (χ2n) is 2.27. The molecule has 0 radical (unpaired) electrons. The van der Waals surface area contributed by atoms with Crippen LogP contribution in [0, 0.1) is 0 Å². The Labute approximate surface area is 89.1 Å². The van der Waals surface area contributed by atoms with E-state index in [9.17, 15) is 17.8 Å². The molecule has 0 aromatic heterocycles. The Kier molecular flexibility index (Phi) is 15.9. The Morgan fingerprint density at radius 2 is 1.07 bits per heavy atom. The lowest BCUT2D eigenvalue weighted by Gasteiger charge is -1.79. The SMILES string of the molecule is C=C(C)C(=O)O.C=C(C)C(=O)O.F[SiH2]F. The highest BCUT2D eigenvalue weighted by atomic mass is 28.3. The topological polar surface area (TPSA) is 74.6 Å². The largest absolute Gasteiger partial charge is 0.478 e. The van der Waals surface area contributed by atoms with E-state index >= 15 is 0 Å². The van der Waals surface area contributed by atoms with Crippen molar-refractivity contribution in [1.29, 1.82) is 0 Å². The molecule has 0 atom stereocenters. The minimum Gasteiger partial charge on any atom is -0.478 e. The number of aliphatic carboxylic acids is 2. The molecule has 0 unspecified atom stereocenters. The number of carboxylic acid groups (broad SMARTS) is 2. The highest BCUT2D eigenvalue weighted by Gasteiger charge is 1.90. The van der Waals surface area contributed by atoms with Gasteiger partial charge in [0.1, 0.15) is 0 Å². The van der Waals surface area contributed by atoms with Crippen molar-refractivity contribution in [2.24, 2.45) is 0 Å². The summed E-state index contributed by atoms with van der Waals surface area (Å²) in [6.45, 7) is 9.20. The molecule has 0 spiro atoms. The van der Waals surface area contributed by atoms with Crippen molar-refractivity contribution in [2.45, 2.75) is 13.8 Å². The number of rotatable bonds is 2. The van der Waals surface area contributed by atoms with Gasteiger partial charge in [-0.05, 0) is 13.8 Å². The average Bonchev–Trinajstić information content (AvgIpc) is 2.06. The minimum absolute atomic E-state index is 0.176. The van der Waals surface area contributed by atoms with Gasteiger partial charge in [0.2, 0.25) is 0 Å². The molecule has 0 saturated heterocycles. The summed E-state index contributed by atoms with van der Waals surface area (Å²) in [6.07, 6.45) is 0. The molecule has 0 saturated carbocycles. The van der Waals surface area contributed by atoms with E-state index in [2.05, 4.69) is 13.2 Å². The lowest BCUT2D eigenvalue weighted by Crippen LogP contribution is -1.92. The number of carbonyl (C=O) groups is 2. The zero-order valence-electron chi connectivity index (χ0n) is 8.59. The molecule has 15 heavy (non-hydrogen) atoms. The van der Waals surface area contributed by atoms with Gasteiger partial charge in [-0.1, -0.05) is 13.2 Å². The summed E-state index contributed by atoms with van der Waals surface area (Å²) < 4.78 is 19.5. The molecule has 0 bridgehead atoms. The van der Waals surface area contributed by atoms with Gasteiger partial charge in [-0.3, -0.25) is 8.22 Å². The van der Waals surface area contributed by atoms with Crippen molar-refractivity contribution in [2.75, 3.05) is 0 Å². The van der Waals surface area contributed by atoms with Gasteiger partial charge in [0, 0.05) is 11.1 Å². The smallest absolute Gasteiger partial charge is 0.397 e. The van der Waals surface area contributed by atoms with Crippen LogP contribution in [0.5, 0.6) is 0 Å². The highest BCUT2D eigenvalue weighted by molar-refractivity contribution is 6.15. The van der Waals surface area contributed by atoms with Gasteiger partial charge in [-0.15, -0.1) is 0 Å². The Morgan fingerprint density at radius 1 is 1.00 bits per heavy atom. The van der Waals surface area contributed by atoms with Gasteiger partial charge in [0.05, 0.1) is 0 Å². The third kappa shape index (κ3) is 32.6. The van der Waals surface area contributed by atoms with Crippen LogP contribution in [0.15, 0.2) is 24.3 Å². The number of carboxylic acids is 2. The first-order chi connectivity index (χ1) is 6.70. The van der Waals surface area contributed by atoms with Crippen LogP contribution < -0.4 is 0 Å². The summed E-state index contributed by atoms with van der Waals surface area (Å²) in [5.41, 5.74) is 0.352. The van der Waals surface area contributed by atoms with Crippen LogP contribution >= 0.6 is 0 Å². The maximum atomic E-state index is 9.76. The normalized spacial score (nSPS) is 7.20. The molecular weight excluding hydrogens is 226 g/mol. The van der Waals surface area contributed by atoms with Gasteiger partial charge >= 0.3 is 22.1 Å². The summed E-state index contributed by atoms with van der Waals surface area (Å²) in [7, 11) is -2.58. The number of halogens is 2. The van der Waals surface area contributed by atoms with E-state index in [1.807, 2.05) is 0 Å². The van der Waals surface area contributed by atoms with Crippen molar-refractivity contribution in [3.05, 3.63) is 24.3 Å². The predicted molar refractivity (Wildman–Crippen MR) is 55.7 cm³/mol. The van der Waals surface area contributed by atoms with Crippen LogP contribution in [0.2, 0.25) is 0 Å². The lowest BCUT2D eigenvalue weighted by atomic mass is 10.4. The molecule has 0 fully saturated rings. The van der Waals surface area contributed by atoms with Gasteiger partial charge in [-0.25, -0.2) is 9.59 Å². The fourth-order valence-electron chi connectivity index (χ4n) is 0. The second-order valence-corrected chi connectivity index (χ2v) is 2.47. The van der Waals surface area contributed by atoms with E-state index in [4.69, 9.17) is 10.2 Å². The molecule has 0 heterocycles. The summed E-state index contributed by atoms with van der Waals surface area (Å²) in [6, 6.07) is 0. The monoisotopic (exact) mass is 240 g/mol. The predicted octanol–water partition coefficient (Wildman–Crippen LogP) is 1.22. The zero-order valence-corrected chi connectivity index (χ0v) is 10.0. The molecule has 0 aliphatic carbocycles. The molecule has 88 valence electrons. The summed E-state index contributed by atoms with van der Waals surface area (Å²) >= 11 is 0. The van der Waals surface area contributed by atoms with E-state index < -0.39 is 22.1 Å². The molecule has 4 nitrogen and oxygen atoms in total.